The lowest BCUT2D eigenvalue weighted by atomic mass is 10.1. The predicted molar refractivity (Wildman–Crippen MR) is 111 cm³/mol. The number of alkyl carbamates (subject to hydrolysis) is 1. The number of fused-ring (bicyclic) bond motifs is 1. The highest BCUT2D eigenvalue weighted by atomic mass is 35.5. The molecule has 1 aromatic carbocycles. The number of ether oxygens (including phenoxy) is 1. The van der Waals surface area contributed by atoms with E-state index in [0.717, 1.165) is 19.4 Å². The largest absolute Gasteiger partial charge is 0.453 e. The Balaban J connectivity index is 1.60. The number of carbonyl (C=O) groups is 1. The van der Waals surface area contributed by atoms with Crippen molar-refractivity contribution < 1.29 is 13.9 Å². The maximum Gasteiger partial charge on any atom is 0.407 e. The number of amides is 1. The van der Waals surface area contributed by atoms with Gasteiger partial charge in [-0.25, -0.2) is 29.1 Å². The number of benzene rings is 1. The van der Waals surface area contributed by atoms with E-state index in [4.69, 9.17) is 11.6 Å². The van der Waals surface area contributed by atoms with Gasteiger partial charge in [-0.2, -0.15) is 0 Å². The number of hydrogen-bond acceptors (Lipinski definition) is 8. The molecule has 0 saturated carbocycles. The molecule has 1 amide bonds. The summed E-state index contributed by atoms with van der Waals surface area (Å²) < 4.78 is 18.1. The van der Waals surface area contributed by atoms with Crippen LogP contribution >= 0.6 is 11.6 Å². The molecule has 0 spiro atoms. The fourth-order valence-electron chi connectivity index (χ4n) is 3.30. The summed E-state index contributed by atoms with van der Waals surface area (Å²) in [4.78, 5) is 31.1. The maximum absolute atomic E-state index is 13.4. The molecule has 1 fully saturated rings. The van der Waals surface area contributed by atoms with Crippen molar-refractivity contribution in [3.63, 3.8) is 0 Å². The Morgan fingerprint density at radius 1 is 1.33 bits per heavy atom. The second-order valence-electron chi connectivity index (χ2n) is 6.80. The number of hydrogen-bond donors (Lipinski definition) is 2. The fourth-order valence-corrected chi connectivity index (χ4v) is 3.48. The van der Waals surface area contributed by atoms with Crippen LogP contribution in [-0.4, -0.2) is 52.3 Å². The Hall–Kier alpha value is -3.27. The third-order valence-corrected chi connectivity index (χ3v) is 5.05. The fraction of sp³-hybridized carbons (Fsp3) is 0.316. The Kier molecular flexibility index (Phi) is 5.75. The molecule has 4 rings (SSSR count). The highest BCUT2D eigenvalue weighted by molar-refractivity contribution is 6.31. The van der Waals surface area contributed by atoms with Crippen LogP contribution in [0, 0.1) is 5.82 Å². The smallest absolute Gasteiger partial charge is 0.407 e. The summed E-state index contributed by atoms with van der Waals surface area (Å²) in [5.74, 6) is 0.459. The molecule has 1 unspecified atom stereocenters. The van der Waals surface area contributed by atoms with E-state index < -0.39 is 11.9 Å². The van der Waals surface area contributed by atoms with Crippen molar-refractivity contribution in [2.24, 2.45) is 0 Å². The summed E-state index contributed by atoms with van der Waals surface area (Å²) in [6.45, 7) is 1.32. The van der Waals surface area contributed by atoms with E-state index in [1.165, 1.54) is 25.6 Å². The lowest BCUT2D eigenvalue weighted by molar-refractivity contribution is 0.165. The van der Waals surface area contributed by atoms with Crippen LogP contribution in [-0.2, 0) is 4.74 Å². The number of aromatic nitrogens is 4. The van der Waals surface area contributed by atoms with Crippen molar-refractivity contribution in [2.75, 3.05) is 30.4 Å². The summed E-state index contributed by atoms with van der Waals surface area (Å²) >= 11 is 5.87. The molecule has 1 atom stereocenters. The van der Waals surface area contributed by atoms with Gasteiger partial charge in [0, 0.05) is 24.8 Å². The molecule has 9 nitrogen and oxygen atoms in total. The van der Waals surface area contributed by atoms with Crippen LogP contribution in [0.3, 0.4) is 0 Å². The van der Waals surface area contributed by atoms with E-state index in [1.807, 2.05) is 4.90 Å². The van der Waals surface area contributed by atoms with Gasteiger partial charge in [0.05, 0.1) is 18.3 Å². The molecule has 0 bridgehead atoms. The van der Waals surface area contributed by atoms with Gasteiger partial charge in [0.25, 0.3) is 0 Å². The van der Waals surface area contributed by atoms with Crippen LogP contribution < -0.4 is 15.5 Å². The molecule has 3 aromatic rings. The van der Waals surface area contributed by atoms with Crippen LogP contribution in [0.5, 0.6) is 0 Å². The normalized spacial score (nSPS) is 16.4. The van der Waals surface area contributed by atoms with Crippen molar-refractivity contribution in [3.8, 4) is 0 Å². The zero-order valence-electron chi connectivity index (χ0n) is 16.1. The van der Waals surface area contributed by atoms with Gasteiger partial charge < -0.3 is 20.3 Å². The standard InChI is InChI=1S/C19H19ClFN7O2/c1-30-19(29)26-12-3-2-6-28(9-12)18-22-8-15-16(27-18)17(24-10-23-15)25-11-4-5-14(21)13(20)7-11/h4-5,7-8,10,12H,2-3,6,9H2,1H3,(H,26,29)(H,23,24,25). The topological polar surface area (TPSA) is 105 Å². The van der Waals surface area contributed by atoms with Crippen LogP contribution in [0.2, 0.25) is 5.02 Å². The molecule has 0 radical (unpaired) electrons. The van der Waals surface area contributed by atoms with Gasteiger partial charge in [-0.15, -0.1) is 0 Å². The quantitative estimate of drug-likeness (QED) is 0.648. The Morgan fingerprint density at radius 3 is 3.00 bits per heavy atom. The van der Waals surface area contributed by atoms with E-state index in [2.05, 4.69) is 35.3 Å². The number of piperidine rings is 1. The average Bonchev–Trinajstić information content (AvgIpc) is 2.76. The van der Waals surface area contributed by atoms with Crippen LogP contribution in [0.4, 0.5) is 26.6 Å². The average molecular weight is 432 g/mol. The zero-order chi connectivity index (χ0) is 21.1. The van der Waals surface area contributed by atoms with Crippen LogP contribution in [0.15, 0.2) is 30.7 Å². The van der Waals surface area contributed by atoms with Crippen molar-refractivity contribution in [1.29, 1.82) is 0 Å². The molecular formula is C19H19ClFN7O2. The molecule has 156 valence electrons. The second kappa shape index (κ2) is 8.62. The molecule has 0 aliphatic carbocycles. The molecule has 1 aliphatic heterocycles. The highest BCUT2D eigenvalue weighted by Gasteiger charge is 2.24. The minimum Gasteiger partial charge on any atom is -0.453 e. The van der Waals surface area contributed by atoms with E-state index in [9.17, 15) is 9.18 Å². The number of rotatable bonds is 4. The van der Waals surface area contributed by atoms with Crippen molar-refractivity contribution in [2.45, 2.75) is 18.9 Å². The van der Waals surface area contributed by atoms with Crippen LogP contribution in [0.1, 0.15) is 12.8 Å². The molecule has 2 N–H and O–H groups in total. The maximum atomic E-state index is 13.4. The summed E-state index contributed by atoms with van der Waals surface area (Å²) in [5, 5.41) is 5.93. The molecule has 30 heavy (non-hydrogen) atoms. The summed E-state index contributed by atoms with van der Waals surface area (Å²) in [6.07, 6.45) is 4.29. The Labute approximate surface area is 176 Å². The Morgan fingerprint density at radius 2 is 2.20 bits per heavy atom. The first-order valence-corrected chi connectivity index (χ1v) is 9.70. The molecule has 11 heteroatoms. The second-order valence-corrected chi connectivity index (χ2v) is 7.21. The van der Waals surface area contributed by atoms with Gasteiger partial charge in [0.2, 0.25) is 5.95 Å². The first kappa shape index (κ1) is 20.0. The first-order valence-electron chi connectivity index (χ1n) is 9.33. The summed E-state index contributed by atoms with van der Waals surface area (Å²) in [7, 11) is 1.34. The third-order valence-electron chi connectivity index (χ3n) is 4.76. The molecule has 3 heterocycles. The lowest BCUT2D eigenvalue weighted by Crippen LogP contribution is -2.48. The van der Waals surface area contributed by atoms with Crippen molar-refractivity contribution >= 4 is 46.2 Å². The van der Waals surface area contributed by atoms with Crippen LogP contribution in [0.25, 0.3) is 11.0 Å². The molecule has 2 aromatic heterocycles. The predicted octanol–water partition coefficient (Wildman–Crippen LogP) is 3.28. The van der Waals surface area contributed by atoms with Gasteiger partial charge >= 0.3 is 6.09 Å². The summed E-state index contributed by atoms with van der Waals surface area (Å²) in [6, 6.07) is 4.25. The van der Waals surface area contributed by atoms with E-state index in [1.54, 1.807) is 12.3 Å². The molecular weight excluding hydrogens is 413 g/mol. The van der Waals surface area contributed by atoms with Crippen molar-refractivity contribution in [3.05, 3.63) is 41.6 Å². The minimum atomic E-state index is -0.500. The highest BCUT2D eigenvalue weighted by Crippen LogP contribution is 2.26. The third kappa shape index (κ3) is 4.33. The van der Waals surface area contributed by atoms with E-state index >= 15 is 0 Å². The zero-order valence-corrected chi connectivity index (χ0v) is 16.9. The van der Waals surface area contributed by atoms with Gasteiger partial charge in [0.1, 0.15) is 23.2 Å². The molecule has 1 saturated heterocycles. The number of nitrogens with zero attached hydrogens (tertiary/aromatic N) is 5. The first-order chi connectivity index (χ1) is 14.5. The van der Waals surface area contributed by atoms with Gasteiger partial charge in [-0.1, -0.05) is 11.6 Å². The van der Waals surface area contributed by atoms with Crippen molar-refractivity contribution in [1.82, 2.24) is 25.3 Å². The van der Waals surface area contributed by atoms with E-state index in [-0.39, 0.29) is 11.1 Å². The Bertz CT molecular complexity index is 1080. The number of methoxy groups -OCH3 is 1. The number of nitrogens with one attached hydrogen (secondary N) is 2. The number of anilines is 3. The SMILES string of the molecule is COC(=O)NC1CCCN(c2ncc3ncnc(Nc4ccc(F)c(Cl)c4)c3n2)C1. The van der Waals surface area contributed by atoms with Gasteiger partial charge in [-0.3, -0.25) is 0 Å². The summed E-state index contributed by atoms with van der Waals surface area (Å²) in [5.41, 5.74) is 1.65. The number of halogens is 2. The molecule has 1 aliphatic rings. The van der Waals surface area contributed by atoms with E-state index in [0.29, 0.717) is 35.0 Å². The number of carbonyl (C=O) groups excluding carboxylic acids is 1. The monoisotopic (exact) mass is 431 g/mol. The lowest BCUT2D eigenvalue weighted by Gasteiger charge is -2.32. The van der Waals surface area contributed by atoms with Gasteiger partial charge in [-0.05, 0) is 31.0 Å². The van der Waals surface area contributed by atoms with Gasteiger partial charge in [0.15, 0.2) is 5.82 Å². The minimum absolute atomic E-state index is 0.00569.